The van der Waals surface area contributed by atoms with Gasteiger partial charge >= 0.3 is 0 Å². The van der Waals surface area contributed by atoms with Crippen molar-refractivity contribution < 1.29 is 27.9 Å². The van der Waals surface area contributed by atoms with Gasteiger partial charge in [0.15, 0.2) is 0 Å². The third-order valence-electron chi connectivity index (χ3n) is 3.67. The number of carbonyl (C=O) groups excluding carboxylic acids is 2. The van der Waals surface area contributed by atoms with Crippen LogP contribution in [0.4, 0.5) is 5.69 Å². The highest BCUT2D eigenvalue weighted by atomic mass is 32.2. The molecule has 0 atom stereocenters. The number of ether oxygens (including phenoxy) is 1. The van der Waals surface area contributed by atoms with E-state index < -0.39 is 15.6 Å². The molecule has 25 heavy (non-hydrogen) atoms. The van der Waals surface area contributed by atoms with E-state index in [1.807, 2.05) is 0 Å². The average Bonchev–Trinajstić information content (AvgIpc) is 2.52. The lowest BCUT2D eigenvalue weighted by Crippen LogP contribution is -2.40. The Bertz CT molecular complexity index is 766. The van der Waals surface area contributed by atoms with E-state index in [1.165, 1.54) is 39.2 Å². The molecule has 2 N–H and O–H groups in total. The molecule has 1 aromatic rings. The topological polar surface area (TPSA) is 113 Å². The summed E-state index contributed by atoms with van der Waals surface area (Å²) in [5.74, 6) is -0.660. The van der Waals surface area contributed by atoms with Gasteiger partial charge in [-0.25, -0.2) is 13.1 Å². The number of anilines is 1. The first-order chi connectivity index (χ1) is 11.5. The van der Waals surface area contributed by atoms with Crippen LogP contribution < -0.4 is 14.4 Å². The summed E-state index contributed by atoms with van der Waals surface area (Å²) in [6, 6.07) is 4.09. The molecule has 9 heteroatoms. The zero-order chi connectivity index (χ0) is 18.8. The van der Waals surface area contributed by atoms with Crippen LogP contribution in [0.5, 0.6) is 5.75 Å². The van der Waals surface area contributed by atoms with Crippen LogP contribution in [-0.4, -0.2) is 44.6 Å². The zero-order valence-corrected chi connectivity index (χ0v) is 15.2. The van der Waals surface area contributed by atoms with Gasteiger partial charge in [-0.15, -0.1) is 0 Å². The number of aliphatic hydroxyl groups is 1. The first-order valence-electron chi connectivity index (χ1n) is 7.81. The van der Waals surface area contributed by atoms with Crippen LogP contribution in [0, 0.1) is 0 Å². The molecule has 0 unspecified atom stereocenters. The number of sulfonamides is 1. The summed E-state index contributed by atoms with van der Waals surface area (Å²) in [6.07, 6.45) is 0.955. The molecule has 0 spiro atoms. The molecule has 0 saturated carbocycles. The highest BCUT2D eigenvalue weighted by molar-refractivity contribution is 7.89. The molecule has 138 valence electrons. The Kier molecular flexibility index (Phi) is 5.50. The Morgan fingerprint density at radius 2 is 1.84 bits per heavy atom. The molecule has 8 nitrogen and oxygen atoms in total. The Hall–Kier alpha value is -1.97. The summed E-state index contributed by atoms with van der Waals surface area (Å²) >= 11 is 0. The molecule has 1 aromatic carbocycles. The number of rotatable bonds is 6. The second-order valence-corrected chi connectivity index (χ2v) is 8.18. The van der Waals surface area contributed by atoms with E-state index in [2.05, 4.69) is 4.72 Å². The summed E-state index contributed by atoms with van der Waals surface area (Å²) < 4.78 is 32.5. The van der Waals surface area contributed by atoms with Crippen molar-refractivity contribution in [1.82, 2.24) is 4.72 Å². The van der Waals surface area contributed by atoms with Crippen molar-refractivity contribution in [2.75, 3.05) is 18.6 Å². The van der Waals surface area contributed by atoms with Gasteiger partial charge in [0.1, 0.15) is 10.6 Å². The Balaban J connectivity index is 2.43. The monoisotopic (exact) mass is 370 g/mol. The Morgan fingerprint density at radius 3 is 2.36 bits per heavy atom. The maximum absolute atomic E-state index is 12.6. The van der Waals surface area contributed by atoms with Crippen LogP contribution in [0.25, 0.3) is 0 Å². The minimum atomic E-state index is -4.02. The van der Waals surface area contributed by atoms with E-state index in [0.717, 1.165) is 4.90 Å². The molecular weight excluding hydrogens is 348 g/mol. The molecule has 2 amide bonds. The minimum absolute atomic E-state index is 0.0731. The quantitative estimate of drug-likeness (QED) is 0.716. The molecule has 1 aliphatic rings. The number of hydrogen-bond acceptors (Lipinski definition) is 6. The number of piperidine rings is 1. The van der Waals surface area contributed by atoms with Crippen molar-refractivity contribution in [3.8, 4) is 5.75 Å². The van der Waals surface area contributed by atoms with Gasteiger partial charge in [-0.1, -0.05) is 0 Å². The summed E-state index contributed by atoms with van der Waals surface area (Å²) in [4.78, 5) is 24.9. The van der Waals surface area contributed by atoms with Gasteiger partial charge < -0.3 is 9.84 Å². The third kappa shape index (κ3) is 4.56. The lowest BCUT2D eigenvalue weighted by atomic mass is 10.1. The van der Waals surface area contributed by atoms with Gasteiger partial charge in [0, 0.05) is 19.4 Å². The van der Waals surface area contributed by atoms with Crippen LogP contribution >= 0.6 is 0 Å². The third-order valence-corrected chi connectivity index (χ3v) is 5.09. The summed E-state index contributed by atoms with van der Waals surface area (Å²) in [6.45, 7) is 2.73. The molecule has 1 saturated heterocycles. The minimum Gasteiger partial charge on any atom is -0.495 e. The number of nitrogens with zero attached hydrogens (tertiary/aromatic N) is 1. The number of amides is 2. The first kappa shape index (κ1) is 19.4. The SMILES string of the molecule is COc1ccc(N2C(=O)CCCC2=O)cc1S(=O)(=O)NCC(C)(C)O. The molecule has 0 aliphatic carbocycles. The van der Waals surface area contributed by atoms with Gasteiger partial charge in [-0.2, -0.15) is 0 Å². The Morgan fingerprint density at radius 1 is 1.24 bits per heavy atom. The fourth-order valence-electron chi connectivity index (χ4n) is 2.41. The predicted octanol–water partition coefficient (Wildman–Crippen LogP) is 0.788. The van der Waals surface area contributed by atoms with Crippen molar-refractivity contribution in [2.24, 2.45) is 0 Å². The highest BCUT2D eigenvalue weighted by Crippen LogP contribution is 2.31. The normalized spacial score (nSPS) is 16.2. The molecule has 1 heterocycles. The van der Waals surface area contributed by atoms with Gasteiger partial charge in [-0.3, -0.25) is 14.5 Å². The van der Waals surface area contributed by atoms with Crippen molar-refractivity contribution in [2.45, 2.75) is 43.6 Å². The van der Waals surface area contributed by atoms with E-state index in [4.69, 9.17) is 4.74 Å². The number of nitrogens with one attached hydrogen (secondary N) is 1. The molecule has 1 aliphatic heterocycles. The van der Waals surface area contributed by atoms with Gasteiger partial charge in [0.2, 0.25) is 21.8 Å². The second kappa shape index (κ2) is 7.11. The number of hydrogen-bond donors (Lipinski definition) is 2. The van der Waals surface area contributed by atoms with E-state index in [0.29, 0.717) is 6.42 Å². The summed E-state index contributed by atoms with van der Waals surface area (Å²) in [5.41, 5.74) is -1.06. The van der Waals surface area contributed by atoms with E-state index >= 15 is 0 Å². The molecule has 2 rings (SSSR count). The van der Waals surface area contributed by atoms with Crippen molar-refractivity contribution in [1.29, 1.82) is 0 Å². The van der Waals surface area contributed by atoms with Crippen molar-refractivity contribution in [3.63, 3.8) is 0 Å². The highest BCUT2D eigenvalue weighted by Gasteiger charge is 2.30. The molecule has 1 fully saturated rings. The molecular formula is C16H22N2O6S. The van der Waals surface area contributed by atoms with Crippen LogP contribution in [0.3, 0.4) is 0 Å². The van der Waals surface area contributed by atoms with Gasteiger partial charge in [0.05, 0.1) is 18.4 Å². The predicted molar refractivity (Wildman–Crippen MR) is 90.8 cm³/mol. The van der Waals surface area contributed by atoms with Crippen LogP contribution in [0.15, 0.2) is 23.1 Å². The van der Waals surface area contributed by atoms with Crippen LogP contribution in [0.2, 0.25) is 0 Å². The van der Waals surface area contributed by atoms with Crippen LogP contribution in [-0.2, 0) is 19.6 Å². The zero-order valence-electron chi connectivity index (χ0n) is 14.4. The number of carbonyl (C=O) groups is 2. The number of imide groups is 1. The fraction of sp³-hybridized carbons (Fsp3) is 0.500. The number of methoxy groups -OCH3 is 1. The van der Waals surface area contributed by atoms with Gasteiger partial charge in [-0.05, 0) is 38.5 Å². The van der Waals surface area contributed by atoms with Crippen LogP contribution in [0.1, 0.15) is 33.1 Å². The molecule has 0 aromatic heterocycles. The van der Waals surface area contributed by atoms with E-state index in [1.54, 1.807) is 0 Å². The van der Waals surface area contributed by atoms with Gasteiger partial charge in [0.25, 0.3) is 0 Å². The Labute approximate surface area is 146 Å². The maximum Gasteiger partial charge on any atom is 0.244 e. The lowest BCUT2D eigenvalue weighted by molar-refractivity contribution is -0.129. The first-order valence-corrected chi connectivity index (χ1v) is 9.29. The van der Waals surface area contributed by atoms with Crippen molar-refractivity contribution >= 4 is 27.5 Å². The largest absolute Gasteiger partial charge is 0.495 e. The summed E-state index contributed by atoms with van der Waals surface area (Å²) in [7, 11) is -2.70. The molecule has 0 radical (unpaired) electrons. The lowest BCUT2D eigenvalue weighted by Gasteiger charge is -2.26. The standard InChI is InChI=1S/C16H22N2O6S/c1-16(2,21)10-17-25(22,23)13-9-11(7-8-12(13)24-3)18-14(19)5-4-6-15(18)20/h7-9,17,21H,4-6,10H2,1-3H3. The maximum atomic E-state index is 12.6. The average molecular weight is 370 g/mol. The fourth-order valence-corrected chi connectivity index (χ4v) is 3.80. The molecule has 0 bridgehead atoms. The summed E-state index contributed by atoms with van der Waals surface area (Å²) in [5, 5.41) is 9.73. The smallest absolute Gasteiger partial charge is 0.244 e. The second-order valence-electron chi connectivity index (χ2n) is 6.45. The van der Waals surface area contributed by atoms with E-state index in [-0.39, 0.29) is 47.5 Å². The van der Waals surface area contributed by atoms with E-state index in [9.17, 15) is 23.1 Å². The van der Waals surface area contributed by atoms with Crippen molar-refractivity contribution in [3.05, 3.63) is 18.2 Å². The number of benzene rings is 1.